The van der Waals surface area contributed by atoms with Gasteiger partial charge in [-0.2, -0.15) is 0 Å². The molecule has 1 heteroatoms. The fourth-order valence-electron chi connectivity index (χ4n) is 5.99. The molecule has 0 radical (unpaired) electrons. The first-order valence-electron chi connectivity index (χ1n) is 11.5. The molecular formula is C32H22O. The predicted molar refractivity (Wildman–Crippen MR) is 134 cm³/mol. The molecule has 0 atom stereocenters. The standard InChI is InChI=1S/C32H22O/c1-21-19-23(22-11-3-2-4-12-22)20-28-31(21)24-13-5-6-14-25(24)32(28)26-15-7-9-17-29(26)33-30-18-10-8-16-27(30)32/h2-20H,1H3. The van der Waals surface area contributed by atoms with Gasteiger partial charge in [-0.3, -0.25) is 0 Å². The second-order valence-electron chi connectivity index (χ2n) is 8.97. The highest BCUT2D eigenvalue weighted by Crippen LogP contribution is 2.62. The summed E-state index contributed by atoms with van der Waals surface area (Å²) in [7, 11) is 0. The first-order valence-corrected chi connectivity index (χ1v) is 11.5. The van der Waals surface area contributed by atoms with Gasteiger partial charge in [0.05, 0.1) is 5.41 Å². The summed E-state index contributed by atoms with van der Waals surface area (Å²) in [6.45, 7) is 2.25. The molecule has 0 N–H and O–H groups in total. The lowest BCUT2D eigenvalue weighted by molar-refractivity contribution is 0.436. The van der Waals surface area contributed by atoms with Gasteiger partial charge in [-0.25, -0.2) is 0 Å². The van der Waals surface area contributed by atoms with Crippen molar-refractivity contribution < 1.29 is 4.74 Å². The van der Waals surface area contributed by atoms with E-state index >= 15 is 0 Å². The average molecular weight is 423 g/mol. The molecule has 0 bridgehead atoms. The van der Waals surface area contributed by atoms with Crippen LogP contribution in [-0.4, -0.2) is 0 Å². The third kappa shape index (κ3) is 2.37. The molecule has 5 aromatic rings. The van der Waals surface area contributed by atoms with E-state index in [9.17, 15) is 0 Å². The van der Waals surface area contributed by atoms with Gasteiger partial charge in [0.25, 0.3) is 0 Å². The minimum atomic E-state index is -0.410. The van der Waals surface area contributed by atoms with Crippen LogP contribution in [0.2, 0.25) is 0 Å². The molecule has 33 heavy (non-hydrogen) atoms. The van der Waals surface area contributed by atoms with E-state index in [0.29, 0.717) is 0 Å². The molecule has 5 aromatic carbocycles. The summed E-state index contributed by atoms with van der Waals surface area (Å²) < 4.78 is 6.44. The molecule has 0 saturated heterocycles. The van der Waals surface area contributed by atoms with Crippen molar-refractivity contribution in [3.63, 3.8) is 0 Å². The average Bonchev–Trinajstić information content (AvgIpc) is 3.16. The second-order valence-corrected chi connectivity index (χ2v) is 8.97. The number of para-hydroxylation sites is 2. The van der Waals surface area contributed by atoms with E-state index in [-0.39, 0.29) is 0 Å². The largest absolute Gasteiger partial charge is 0.457 e. The number of hydrogen-bond donors (Lipinski definition) is 0. The lowest BCUT2D eigenvalue weighted by Gasteiger charge is -2.39. The van der Waals surface area contributed by atoms with E-state index < -0.39 is 5.41 Å². The van der Waals surface area contributed by atoms with E-state index in [0.717, 1.165) is 11.5 Å². The number of hydrogen-bond acceptors (Lipinski definition) is 1. The SMILES string of the molecule is Cc1cc(-c2ccccc2)cc2c1-c1ccccc1C21c2ccccc2Oc2ccccc21. The Morgan fingerprint density at radius 1 is 0.515 bits per heavy atom. The molecule has 1 aliphatic carbocycles. The van der Waals surface area contributed by atoms with Crippen LogP contribution in [0.4, 0.5) is 0 Å². The van der Waals surface area contributed by atoms with E-state index in [1.807, 2.05) is 0 Å². The summed E-state index contributed by atoms with van der Waals surface area (Å²) in [4.78, 5) is 0. The molecule has 7 rings (SSSR count). The van der Waals surface area contributed by atoms with Crippen molar-refractivity contribution >= 4 is 0 Å². The molecule has 156 valence electrons. The van der Waals surface area contributed by atoms with Gasteiger partial charge in [0, 0.05) is 11.1 Å². The topological polar surface area (TPSA) is 9.23 Å². The molecule has 0 unspecified atom stereocenters. The van der Waals surface area contributed by atoms with Crippen LogP contribution in [0.5, 0.6) is 11.5 Å². The van der Waals surface area contributed by atoms with Crippen LogP contribution in [0.1, 0.15) is 27.8 Å². The van der Waals surface area contributed by atoms with Crippen LogP contribution >= 0.6 is 0 Å². The number of rotatable bonds is 1. The van der Waals surface area contributed by atoms with Crippen molar-refractivity contribution in [1.82, 2.24) is 0 Å². The fourth-order valence-corrected chi connectivity index (χ4v) is 5.99. The first-order chi connectivity index (χ1) is 16.3. The number of ether oxygens (including phenoxy) is 1. The highest BCUT2D eigenvalue weighted by Gasteiger charge is 2.51. The van der Waals surface area contributed by atoms with E-state index in [2.05, 4.69) is 122 Å². The van der Waals surface area contributed by atoms with Crippen molar-refractivity contribution in [2.24, 2.45) is 0 Å². The smallest absolute Gasteiger partial charge is 0.132 e. The molecule has 0 aromatic heterocycles. The zero-order valence-electron chi connectivity index (χ0n) is 18.4. The molecule has 1 spiro atoms. The quantitative estimate of drug-likeness (QED) is 0.259. The van der Waals surface area contributed by atoms with E-state index in [1.54, 1.807) is 0 Å². The van der Waals surface area contributed by atoms with Crippen molar-refractivity contribution in [2.45, 2.75) is 12.3 Å². The Hall–Kier alpha value is -4.10. The lowest BCUT2D eigenvalue weighted by Crippen LogP contribution is -2.32. The van der Waals surface area contributed by atoms with E-state index in [4.69, 9.17) is 4.74 Å². The zero-order valence-corrected chi connectivity index (χ0v) is 18.4. The van der Waals surface area contributed by atoms with Crippen LogP contribution in [0.25, 0.3) is 22.3 Å². The molecular weight excluding hydrogens is 400 g/mol. The van der Waals surface area contributed by atoms with Crippen LogP contribution in [0, 0.1) is 6.92 Å². The van der Waals surface area contributed by atoms with Gasteiger partial charge in [0.1, 0.15) is 11.5 Å². The number of fused-ring (bicyclic) bond motifs is 9. The minimum Gasteiger partial charge on any atom is -0.457 e. The van der Waals surface area contributed by atoms with Crippen LogP contribution in [-0.2, 0) is 5.41 Å². The normalized spacial score (nSPS) is 14.1. The fraction of sp³-hybridized carbons (Fsp3) is 0.0625. The zero-order chi connectivity index (χ0) is 22.0. The summed E-state index contributed by atoms with van der Waals surface area (Å²) in [6.07, 6.45) is 0. The van der Waals surface area contributed by atoms with Crippen LogP contribution in [0.15, 0.2) is 115 Å². The maximum atomic E-state index is 6.44. The van der Waals surface area contributed by atoms with Crippen molar-refractivity contribution in [3.8, 4) is 33.8 Å². The van der Waals surface area contributed by atoms with Gasteiger partial charge in [-0.15, -0.1) is 0 Å². The summed E-state index contributed by atoms with van der Waals surface area (Å²) >= 11 is 0. The molecule has 1 aliphatic heterocycles. The Kier molecular flexibility index (Phi) is 3.75. The third-order valence-corrected chi connectivity index (χ3v) is 7.25. The minimum absolute atomic E-state index is 0.410. The van der Waals surface area contributed by atoms with Crippen molar-refractivity contribution in [2.75, 3.05) is 0 Å². The summed E-state index contributed by atoms with van der Waals surface area (Å²) in [5.74, 6) is 1.86. The maximum Gasteiger partial charge on any atom is 0.132 e. The van der Waals surface area contributed by atoms with Gasteiger partial charge < -0.3 is 4.74 Å². The summed E-state index contributed by atoms with van der Waals surface area (Å²) in [5.41, 5.74) is 11.1. The first kappa shape index (κ1) is 18.5. The van der Waals surface area contributed by atoms with Gasteiger partial charge in [-0.05, 0) is 64.1 Å². The van der Waals surface area contributed by atoms with Crippen molar-refractivity contribution in [1.29, 1.82) is 0 Å². The highest BCUT2D eigenvalue weighted by molar-refractivity contribution is 5.91. The maximum absolute atomic E-state index is 6.44. The van der Waals surface area contributed by atoms with Gasteiger partial charge in [0.15, 0.2) is 0 Å². The Morgan fingerprint density at radius 3 is 1.79 bits per heavy atom. The molecule has 0 amide bonds. The molecule has 0 fully saturated rings. The Balaban J connectivity index is 1.67. The summed E-state index contributed by atoms with van der Waals surface area (Å²) in [5, 5.41) is 0. The molecule has 1 nitrogen and oxygen atoms in total. The van der Waals surface area contributed by atoms with Crippen LogP contribution < -0.4 is 4.74 Å². The number of benzene rings is 5. The molecule has 1 heterocycles. The lowest BCUT2D eigenvalue weighted by atomic mass is 9.66. The highest BCUT2D eigenvalue weighted by atomic mass is 16.5. The van der Waals surface area contributed by atoms with Gasteiger partial charge in [0.2, 0.25) is 0 Å². The number of aryl methyl sites for hydroxylation is 1. The van der Waals surface area contributed by atoms with Gasteiger partial charge in [-0.1, -0.05) is 97.1 Å². The van der Waals surface area contributed by atoms with Gasteiger partial charge >= 0.3 is 0 Å². The second kappa shape index (κ2) is 6.70. The van der Waals surface area contributed by atoms with E-state index in [1.165, 1.54) is 50.1 Å². The van der Waals surface area contributed by atoms with Crippen LogP contribution in [0.3, 0.4) is 0 Å². The summed E-state index contributed by atoms with van der Waals surface area (Å²) in [6, 6.07) is 41.4. The Labute approximate surface area is 193 Å². The predicted octanol–water partition coefficient (Wildman–Crippen LogP) is 8.13. The Morgan fingerprint density at radius 2 is 1.09 bits per heavy atom. The third-order valence-electron chi connectivity index (χ3n) is 7.25. The Bertz CT molecular complexity index is 1500. The monoisotopic (exact) mass is 422 g/mol. The van der Waals surface area contributed by atoms with Crippen molar-refractivity contribution in [3.05, 3.63) is 143 Å². The molecule has 0 saturated carbocycles. The molecule has 2 aliphatic rings.